The van der Waals surface area contributed by atoms with Crippen LogP contribution in [0.1, 0.15) is 18.7 Å². The normalized spacial score (nSPS) is 16.4. The van der Waals surface area contributed by atoms with Gasteiger partial charge in [0.15, 0.2) is 11.6 Å². The van der Waals surface area contributed by atoms with Crippen LogP contribution < -0.4 is 15.5 Å². The number of nitrogens with two attached hydrogens (primary N) is 1. The summed E-state index contributed by atoms with van der Waals surface area (Å²) < 4.78 is 40.8. The van der Waals surface area contributed by atoms with Gasteiger partial charge in [-0.3, -0.25) is 9.47 Å². The third-order valence-electron chi connectivity index (χ3n) is 7.45. The third-order valence-corrected chi connectivity index (χ3v) is 7.45. The molecule has 2 N–H and O–H groups in total. The fraction of sp³-hybridized carbons (Fsp3) is 0.464. The lowest BCUT2D eigenvalue weighted by Crippen LogP contribution is -2.38. The first kappa shape index (κ1) is 28.1. The molecule has 0 unspecified atom stereocenters. The number of morpholine rings is 2. The third kappa shape index (κ3) is 5.96. The molecular formula is C28H34F2N10O2. The van der Waals surface area contributed by atoms with Gasteiger partial charge >= 0.3 is 0 Å². The minimum absolute atomic E-state index is 0.0498. The standard InChI is InChI=1S/C28H34F2N10O2/c1-37(7-4-8-38-9-13-41-14-10-38)25-20(17-19(31)18-32-25)24-34-27(39-11-15-42-16-12-39)36-28(35-24)40-22-6-3-2-5-21(22)33-26(40)23(29)30/h2-3,5-6,17-18,23H,4,7-16,31H2,1H3. The first-order chi connectivity index (χ1) is 20.5. The maximum absolute atomic E-state index is 14.3. The molecule has 12 nitrogen and oxygen atoms in total. The Morgan fingerprint density at radius 1 is 0.952 bits per heavy atom. The molecule has 4 aromatic rings. The van der Waals surface area contributed by atoms with Gasteiger partial charge in [0.1, 0.15) is 5.82 Å². The number of fused-ring (bicyclic) bond motifs is 1. The number of hydrogen-bond donors (Lipinski definition) is 1. The van der Waals surface area contributed by atoms with Gasteiger partial charge in [0, 0.05) is 46.3 Å². The lowest BCUT2D eigenvalue weighted by atomic mass is 10.2. The van der Waals surface area contributed by atoms with Crippen LogP contribution in [0.5, 0.6) is 0 Å². The number of para-hydroxylation sites is 2. The van der Waals surface area contributed by atoms with E-state index in [0.29, 0.717) is 60.4 Å². The Hall–Kier alpha value is -4.01. The summed E-state index contributed by atoms with van der Waals surface area (Å²) in [6, 6.07) is 8.71. The predicted molar refractivity (Wildman–Crippen MR) is 155 cm³/mol. The van der Waals surface area contributed by atoms with Crippen molar-refractivity contribution in [2.75, 3.05) is 88.3 Å². The summed E-state index contributed by atoms with van der Waals surface area (Å²) >= 11 is 0. The number of nitrogen functional groups attached to an aromatic ring is 1. The molecule has 3 aromatic heterocycles. The predicted octanol–water partition coefficient (Wildman–Crippen LogP) is 2.79. The molecule has 0 amide bonds. The number of hydrogen-bond acceptors (Lipinski definition) is 11. The van der Waals surface area contributed by atoms with Gasteiger partial charge < -0.3 is 25.0 Å². The van der Waals surface area contributed by atoms with E-state index >= 15 is 0 Å². The van der Waals surface area contributed by atoms with E-state index in [-0.39, 0.29) is 11.8 Å². The van der Waals surface area contributed by atoms with Crippen molar-refractivity contribution in [2.24, 2.45) is 0 Å². The molecule has 2 fully saturated rings. The number of anilines is 3. The van der Waals surface area contributed by atoms with Crippen LogP contribution in [0.15, 0.2) is 36.5 Å². The van der Waals surface area contributed by atoms with Crippen LogP contribution in [-0.4, -0.2) is 107 Å². The number of alkyl halides is 2. The Morgan fingerprint density at radius 3 is 2.43 bits per heavy atom. The lowest BCUT2D eigenvalue weighted by molar-refractivity contribution is 0.0377. The molecule has 6 rings (SSSR count). The van der Waals surface area contributed by atoms with E-state index in [1.165, 1.54) is 4.57 Å². The Morgan fingerprint density at radius 2 is 1.67 bits per heavy atom. The molecule has 0 bridgehead atoms. The van der Waals surface area contributed by atoms with Crippen LogP contribution in [-0.2, 0) is 9.47 Å². The summed E-state index contributed by atoms with van der Waals surface area (Å²) in [4.78, 5) is 29.5. The molecule has 0 saturated carbocycles. The molecule has 0 radical (unpaired) electrons. The first-order valence-electron chi connectivity index (χ1n) is 14.1. The van der Waals surface area contributed by atoms with Crippen molar-refractivity contribution in [3.63, 3.8) is 0 Å². The molecule has 222 valence electrons. The molecule has 2 aliphatic rings. The van der Waals surface area contributed by atoms with Gasteiger partial charge in [-0.15, -0.1) is 0 Å². The molecule has 0 atom stereocenters. The highest BCUT2D eigenvalue weighted by Gasteiger charge is 2.26. The van der Waals surface area contributed by atoms with E-state index in [2.05, 4.69) is 19.9 Å². The number of halogens is 2. The monoisotopic (exact) mass is 580 g/mol. The minimum atomic E-state index is -2.84. The molecule has 0 spiro atoms. The van der Waals surface area contributed by atoms with Crippen LogP contribution in [0.2, 0.25) is 0 Å². The van der Waals surface area contributed by atoms with E-state index in [0.717, 1.165) is 45.8 Å². The van der Waals surface area contributed by atoms with Crippen LogP contribution in [0.3, 0.4) is 0 Å². The summed E-state index contributed by atoms with van der Waals surface area (Å²) in [5, 5.41) is 0. The van der Waals surface area contributed by atoms with E-state index in [1.807, 2.05) is 16.8 Å². The molecule has 2 aliphatic heterocycles. The highest BCUT2D eigenvalue weighted by Crippen LogP contribution is 2.32. The molecule has 14 heteroatoms. The fourth-order valence-electron chi connectivity index (χ4n) is 5.28. The largest absolute Gasteiger partial charge is 0.397 e. The Labute approximate surface area is 242 Å². The Kier molecular flexibility index (Phi) is 8.35. The van der Waals surface area contributed by atoms with Crippen molar-refractivity contribution in [3.8, 4) is 17.3 Å². The molecule has 2 saturated heterocycles. The van der Waals surface area contributed by atoms with Gasteiger partial charge in [-0.05, 0) is 24.6 Å². The van der Waals surface area contributed by atoms with E-state index in [4.69, 9.17) is 25.2 Å². The molecule has 42 heavy (non-hydrogen) atoms. The van der Waals surface area contributed by atoms with Crippen molar-refractivity contribution < 1.29 is 18.3 Å². The number of rotatable bonds is 9. The van der Waals surface area contributed by atoms with E-state index < -0.39 is 12.2 Å². The number of pyridine rings is 1. The summed E-state index contributed by atoms with van der Waals surface area (Å²) in [6.07, 6.45) is -0.324. The number of aromatic nitrogens is 6. The average Bonchev–Trinajstić information content (AvgIpc) is 3.42. The van der Waals surface area contributed by atoms with Gasteiger partial charge in [0.25, 0.3) is 6.43 Å². The van der Waals surface area contributed by atoms with Crippen LogP contribution in [0, 0.1) is 0 Å². The Bertz CT molecular complexity index is 1520. The average molecular weight is 581 g/mol. The highest BCUT2D eigenvalue weighted by molar-refractivity contribution is 5.78. The molecule has 0 aliphatic carbocycles. The smallest absolute Gasteiger partial charge is 0.296 e. The molecule has 1 aromatic carbocycles. The topological polar surface area (TPSA) is 124 Å². The quantitative estimate of drug-likeness (QED) is 0.314. The van der Waals surface area contributed by atoms with Crippen molar-refractivity contribution in [2.45, 2.75) is 12.8 Å². The van der Waals surface area contributed by atoms with E-state index in [9.17, 15) is 8.78 Å². The lowest BCUT2D eigenvalue weighted by Gasteiger charge is -2.28. The second-order valence-electron chi connectivity index (χ2n) is 10.3. The number of ether oxygens (including phenoxy) is 2. The first-order valence-corrected chi connectivity index (χ1v) is 14.1. The van der Waals surface area contributed by atoms with Crippen molar-refractivity contribution in [1.29, 1.82) is 0 Å². The van der Waals surface area contributed by atoms with Crippen molar-refractivity contribution in [3.05, 3.63) is 42.4 Å². The van der Waals surface area contributed by atoms with Gasteiger partial charge in [0.05, 0.1) is 54.9 Å². The highest BCUT2D eigenvalue weighted by atomic mass is 19.3. The maximum Gasteiger partial charge on any atom is 0.296 e. The zero-order valence-corrected chi connectivity index (χ0v) is 23.5. The SMILES string of the molecule is CN(CCCN1CCOCC1)c1ncc(N)cc1-c1nc(N2CCOCC2)nc(-n2c(C(F)F)nc3ccccc32)n1. The van der Waals surface area contributed by atoms with Crippen LogP contribution in [0.25, 0.3) is 28.4 Å². The zero-order valence-electron chi connectivity index (χ0n) is 23.5. The summed E-state index contributed by atoms with van der Waals surface area (Å²) in [5.41, 5.74) is 8.13. The van der Waals surface area contributed by atoms with Gasteiger partial charge in [-0.25, -0.2) is 18.7 Å². The molecular weight excluding hydrogens is 546 g/mol. The zero-order chi connectivity index (χ0) is 29.1. The minimum Gasteiger partial charge on any atom is -0.397 e. The summed E-state index contributed by atoms with van der Waals surface area (Å²) in [5.74, 6) is 0.899. The second-order valence-corrected chi connectivity index (χ2v) is 10.3. The van der Waals surface area contributed by atoms with Crippen molar-refractivity contribution in [1.82, 2.24) is 34.4 Å². The van der Waals surface area contributed by atoms with Gasteiger partial charge in [0.2, 0.25) is 11.9 Å². The van der Waals surface area contributed by atoms with Gasteiger partial charge in [-0.1, -0.05) is 12.1 Å². The summed E-state index contributed by atoms with van der Waals surface area (Å²) in [7, 11) is 1.96. The maximum atomic E-state index is 14.3. The number of benzene rings is 1. The summed E-state index contributed by atoms with van der Waals surface area (Å²) in [6.45, 7) is 7.16. The fourth-order valence-corrected chi connectivity index (χ4v) is 5.28. The van der Waals surface area contributed by atoms with E-state index in [1.54, 1.807) is 36.5 Å². The van der Waals surface area contributed by atoms with Gasteiger partial charge in [-0.2, -0.15) is 15.0 Å². The van der Waals surface area contributed by atoms with Crippen molar-refractivity contribution >= 4 is 28.5 Å². The van der Waals surface area contributed by atoms with Crippen LogP contribution in [0.4, 0.5) is 26.2 Å². The second kappa shape index (κ2) is 12.5. The number of nitrogens with zero attached hydrogens (tertiary/aromatic N) is 9. The Balaban J connectivity index is 1.41. The van der Waals surface area contributed by atoms with Crippen LogP contribution >= 0.6 is 0 Å². The number of imidazole rings is 1. The molecule has 5 heterocycles.